The summed E-state index contributed by atoms with van der Waals surface area (Å²) in [4.78, 5) is 2.59. The number of hydrogen-bond acceptors (Lipinski definition) is 4. The molecule has 1 saturated carbocycles. The smallest absolute Gasteiger partial charge is 0.122 e. The molecule has 1 aliphatic carbocycles. The van der Waals surface area contributed by atoms with Gasteiger partial charge in [-0.15, -0.1) is 0 Å². The zero-order valence-corrected chi connectivity index (χ0v) is 13.9. The van der Waals surface area contributed by atoms with E-state index in [0.717, 1.165) is 77.1 Å². The third-order valence-corrected chi connectivity index (χ3v) is 5.74. The van der Waals surface area contributed by atoms with Crippen molar-refractivity contribution in [2.45, 2.75) is 50.2 Å². The van der Waals surface area contributed by atoms with Crippen LogP contribution in [-0.4, -0.2) is 49.4 Å². The molecule has 0 unspecified atom stereocenters. The highest BCUT2D eigenvalue weighted by Crippen LogP contribution is 2.34. The highest BCUT2D eigenvalue weighted by molar-refractivity contribution is 5.39. The molecule has 2 fully saturated rings. The summed E-state index contributed by atoms with van der Waals surface area (Å²) in [6.45, 7) is 4.96. The number of morpholine rings is 1. The van der Waals surface area contributed by atoms with Crippen molar-refractivity contribution in [3.63, 3.8) is 0 Å². The molecule has 23 heavy (non-hydrogen) atoms. The first-order chi connectivity index (χ1) is 11.2. The van der Waals surface area contributed by atoms with Gasteiger partial charge in [0.05, 0.1) is 18.8 Å². The summed E-state index contributed by atoms with van der Waals surface area (Å²) in [6, 6.07) is 7.08. The van der Waals surface area contributed by atoms with Crippen LogP contribution in [0.25, 0.3) is 0 Å². The Balaban J connectivity index is 1.34. The molecule has 1 aromatic rings. The molecular formula is C19H28N2O2. The molecule has 3 aliphatic rings. The number of hydrogen-bond donors (Lipinski definition) is 1. The molecule has 0 amide bonds. The van der Waals surface area contributed by atoms with E-state index in [2.05, 4.69) is 23.1 Å². The predicted octanol–water partition coefficient (Wildman–Crippen LogP) is 2.14. The van der Waals surface area contributed by atoms with Crippen molar-refractivity contribution in [2.24, 2.45) is 5.73 Å². The molecular weight excluding hydrogens is 288 g/mol. The lowest BCUT2D eigenvalue weighted by Crippen LogP contribution is -2.54. The van der Waals surface area contributed by atoms with E-state index in [9.17, 15) is 0 Å². The third kappa shape index (κ3) is 3.39. The molecule has 4 rings (SSSR count). The molecule has 0 atom stereocenters. The van der Waals surface area contributed by atoms with E-state index < -0.39 is 0 Å². The maximum absolute atomic E-state index is 6.18. The second-order valence-corrected chi connectivity index (χ2v) is 7.44. The summed E-state index contributed by atoms with van der Waals surface area (Å²) < 4.78 is 11.8. The van der Waals surface area contributed by atoms with Crippen LogP contribution in [0.3, 0.4) is 0 Å². The van der Waals surface area contributed by atoms with Gasteiger partial charge in [-0.1, -0.05) is 12.1 Å². The van der Waals surface area contributed by atoms with Crippen molar-refractivity contribution in [3.8, 4) is 5.75 Å². The average Bonchev–Trinajstić information content (AvgIpc) is 3.04. The second kappa shape index (κ2) is 6.42. The Bertz CT molecular complexity index is 552. The molecule has 0 bridgehead atoms. The van der Waals surface area contributed by atoms with Crippen molar-refractivity contribution in [3.05, 3.63) is 29.3 Å². The first-order valence-corrected chi connectivity index (χ1v) is 9.09. The Morgan fingerprint density at radius 2 is 2.09 bits per heavy atom. The van der Waals surface area contributed by atoms with Crippen molar-refractivity contribution < 1.29 is 9.47 Å². The second-order valence-electron chi connectivity index (χ2n) is 7.44. The molecule has 0 radical (unpaired) electrons. The Kier molecular flexibility index (Phi) is 4.31. The Morgan fingerprint density at radius 3 is 2.96 bits per heavy atom. The van der Waals surface area contributed by atoms with Gasteiger partial charge in [-0.25, -0.2) is 0 Å². The summed E-state index contributed by atoms with van der Waals surface area (Å²) >= 11 is 0. The van der Waals surface area contributed by atoms with E-state index in [1.165, 1.54) is 11.1 Å². The lowest BCUT2D eigenvalue weighted by atomic mass is 9.81. The Labute approximate surface area is 138 Å². The van der Waals surface area contributed by atoms with Gasteiger partial charge in [0.2, 0.25) is 0 Å². The fourth-order valence-electron chi connectivity index (χ4n) is 4.27. The van der Waals surface area contributed by atoms with Crippen molar-refractivity contribution in [1.29, 1.82) is 0 Å². The van der Waals surface area contributed by atoms with Crippen LogP contribution in [0.4, 0.5) is 0 Å². The molecule has 4 nitrogen and oxygen atoms in total. The van der Waals surface area contributed by atoms with Gasteiger partial charge >= 0.3 is 0 Å². The van der Waals surface area contributed by atoms with Crippen molar-refractivity contribution in [2.75, 3.05) is 32.8 Å². The first kappa shape index (κ1) is 15.4. The van der Waals surface area contributed by atoms with Crippen LogP contribution in [0, 0.1) is 0 Å². The van der Waals surface area contributed by atoms with E-state index in [0.29, 0.717) is 6.04 Å². The molecule has 0 aromatic heterocycles. The molecule has 2 N–H and O–H groups in total. The summed E-state index contributed by atoms with van der Waals surface area (Å²) in [5, 5.41) is 0. The summed E-state index contributed by atoms with van der Waals surface area (Å²) in [6.07, 6.45) is 6.64. The predicted molar refractivity (Wildman–Crippen MR) is 90.9 cm³/mol. The van der Waals surface area contributed by atoms with Gasteiger partial charge in [-0.2, -0.15) is 0 Å². The molecule has 2 aliphatic heterocycles. The highest BCUT2D eigenvalue weighted by atomic mass is 16.5. The van der Waals surface area contributed by atoms with Gasteiger partial charge in [-0.05, 0) is 49.3 Å². The van der Waals surface area contributed by atoms with Crippen LogP contribution < -0.4 is 10.5 Å². The number of benzene rings is 1. The van der Waals surface area contributed by atoms with Crippen LogP contribution in [0.1, 0.15) is 36.8 Å². The van der Waals surface area contributed by atoms with Crippen LogP contribution in [0.5, 0.6) is 5.75 Å². The van der Waals surface area contributed by atoms with Gasteiger partial charge in [0.15, 0.2) is 0 Å². The monoisotopic (exact) mass is 316 g/mol. The minimum atomic E-state index is 0.0832. The Hall–Kier alpha value is -1.10. The van der Waals surface area contributed by atoms with E-state index in [4.69, 9.17) is 15.2 Å². The van der Waals surface area contributed by atoms with E-state index >= 15 is 0 Å². The fraction of sp³-hybridized carbons (Fsp3) is 0.684. The van der Waals surface area contributed by atoms with Crippen molar-refractivity contribution in [1.82, 2.24) is 4.90 Å². The van der Waals surface area contributed by atoms with Crippen LogP contribution in [0.15, 0.2) is 18.2 Å². The third-order valence-electron chi connectivity index (χ3n) is 5.74. The summed E-state index contributed by atoms with van der Waals surface area (Å²) in [5.74, 6) is 1.08. The number of fused-ring (bicyclic) bond motifs is 1. The molecule has 4 heteroatoms. The maximum atomic E-state index is 6.18. The van der Waals surface area contributed by atoms with Gasteiger partial charge < -0.3 is 15.2 Å². The standard InChI is InChI=1S/C19H28N2O2/c20-17-3-7-19(8-4-17)14-21(10-12-23-19)9-5-15-1-2-18-16(13-15)6-11-22-18/h1-2,13,17H,3-12,14,20H2. The quantitative estimate of drug-likeness (QED) is 0.928. The van der Waals surface area contributed by atoms with Gasteiger partial charge in [0.25, 0.3) is 0 Å². The largest absolute Gasteiger partial charge is 0.493 e. The Morgan fingerprint density at radius 1 is 1.22 bits per heavy atom. The van der Waals surface area contributed by atoms with Crippen LogP contribution in [-0.2, 0) is 17.6 Å². The SMILES string of the molecule is NC1CCC2(CC1)CN(CCc1ccc3c(c1)CCO3)CCO2. The first-order valence-electron chi connectivity index (χ1n) is 9.09. The highest BCUT2D eigenvalue weighted by Gasteiger charge is 2.39. The number of ether oxygens (including phenoxy) is 2. The number of nitrogens with zero attached hydrogens (tertiary/aromatic N) is 1. The maximum Gasteiger partial charge on any atom is 0.122 e. The van der Waals surface area contributed by atoms with Gasteiger partial charge in [0.1, 0.15) is 5.75 Å². The zero-order valence-electron chi connectivity index (χ0n) is 13.9. The molecule has 126 valence electrons. The average molecular weight is 316 g/mol. The summed E-state index contributed by atoms with van der Waals surface area (Å²) in [5.41, 5.74) is 8.95. The molecule has 1 saturated heterocycles. The van der Waals surface area contributed by atoms with E-state index in [1.54, 1.807) is 0 Å². The van der Waals surface area contributed by atoms with Crippen LogP contribution >= 0.6 is 0 Å². The lowest BCUT2D eigenvalue weighted by molar-refractivity contribution is -0.128. The van der Waals surface area contributed by atoms with E-state index in [1.807, 2.05) is 0 Å². The molecule has 2 heterocycles. The van der Waals surface area contributed by atoms with Gasteiger partial charge in [-0.3, -0.25) is 4.90 Å². The molecule has 1 spiro atoms. The molecule has 1 aromatic carbocycles. The van der Waals surface area contributed by atoms with Crippen LogP contribution in [0.2, 0.25) is 0 Å². The lowest BCUT2D eigenvalue weighted by Gasteiger charge is -2.46. The minimum Gasteiger partial charge on any atom is -0.493 e. The topological polar surface area (TPSA) is 47.7 Å². The zero-order chi connectivity index (χ0) is 15.7. The fourth-order valence-corrected chi connectivity index (χ4v) is 4.27. The number of nitrogens with two attached hydrogens (primary N) is 1. The minimum absolute atomic E-state index is 0.0832. The normalized spacial score (nSPS) is 31.1. The van der Waals surface area contributed by atoms with E-state index in [-0.39, 0.29) is 5.60 Å². The number of rotatable bonds is 3. The van der Waals surface area contributed by atoms with Crippen molar-refractivity contribution >= 4 is 0 Å². The van der Waals surface area contributed by atoms with Gasteiger partial charge in [0, 0.05) is 32.1 Å². The summed E-state index contributed by atoms with van der Waals surface area (Å²) in [7, 11) is 0.